The lowest BCUT2D eigenvalue weighted by atomic mass is 9.94. The normalized spacial score (nSPS) is 18.5. The first-order valence-electron chi connectivity index (χ1n) is 6.47. The summed E-state index contributed by atoms with van der Waals surface area (Å²) in [4.78, 5) is 11.6. The summed E-state index contributed by atoms with van der Waals surface area (Å²) in [6.07, 6.45) is 6.06. The lowest BCUT2D eigenvalue weighted by Crippen LogP contribution is -2.40. The largest absolute Gasteiger partial charge is 0.368 e. The Morgan fingerprint density at radius 2 is 1.83 bits per heavy atom. The van der Waals surface area contributed by atoms with Crippen molar-refractivity contribution >= 4 is 21.8 Å². The summed E-state index contributed by atoms with van der Waals surface area (Å²) in [5.74, 6) is -0.303. The molecule has 3 nitrogen and oxygen atoms in total. The molecule has 1 aromatic carbocycles. The number of carbonyl (C=O) groups is 1. The van der Waals surface area contributed by atoms with Gasteiger partial charge in [0.1, 0.15) is 6.04 Å². The Morgan fingerprint density at radius 1 is 1.22 bits per heavy atom. The monoisotopic (exact) mass is 310 g/mol. The Balaban J connectivity index is 2.07. The number of carbonyl (C=O) groups excluding carboxylic acids is 1. The summed E-state index contributed by atoms with van der Waals surface area (Å²) < 4.78 is 1.01. The number of primary amides is 1. The maximum Gasteiger partial charge on any atom is 0.239 e. The van der Waals surface area contributed by atoms with Crippen LogP contribution in [0.1, 0.15) is 43.7 Å². The van der Waals surface area contributed by atoms with Crippen LogP contribution in [-0.2, 0) is 4.79 Å². The molecule has 0 heterocycles. The van der Waals surface area contributed by atoms with Gasteiger partial charge in [-0.2, -0.15) is 0 Å². The minimum atomic E-state index is -0.374. The van der Waals surface area contributed by atoms with Crippen LogP contribution in [0.3, 0.4) is 0 Å². The minimum Gasteiger partial charge on any atom is -0.368 e. The van der Waals surface area contributed by atoms with E-state index in [1.54, 1.807) is 0 Å². The number of rotatable bonds is 4. The van der Waals surface area contributed by atoms with Gasteiger partial charge in [0, 0.05) is 10.5 Å². The summed E-state index contributed by atoms with van der Waals surface area (Å²) in [7, 11) is 0. The molecule has 0 bridgehead atoms. The third-order valence-electron chi connectivity index (χ3n) is 3.50. The van der Waals surface area contributed by atoms with Crippen LogP contribution in [-0.4, -0.2) is 11.9 Å². The molecular weight excluding hydrogens is 292 g/mol. The van der Waals surface area contributed by atoms with E-state index in [-0.39, 0.29) is 11.9 Å². The predicted octanol–water partition coefficient (Wildman–Crippen LogP) is 2.90. The SMILES string of the molecule is NC(=O)C(NC1CCCCC1)c1ccc(Br)cc1. The Bertz CT molecular complexity index is 399. The van der Waals surface area contributed by atoms with Crippen LogP contribution >= 0.6 is 15.9 Å². The first-order chi connectivity index (χ1) is 8.66. The van der Waals surface area contributed by atoms with E-state index in [0.717, 1.165) is 22.9 Å². The summed E-state index contributed by atoms with van der Waals surface area (Å²) in [5, 5.41) is 3.40. The highest BCUT2D eigenvalue weighted by molar-refractivity contribution is 9.10. The van der Waals surface area contributed by atoms with Crippen LogP contribution < -0.4 is 11.1 Å². The molecule has 0 spiro atoms. The smallest absolute Gasteiger partial charge is 0.239 e. The molecule has 3 N–H and O–H groups in total. The van der Waals surface area contributed by atoms with Crippen LogP contribution in [0, 0.1) is 0 Å². The van der Waals surface area contributed by atoms with Crippen molar-refractivity contribution in [2.45, 2.75) is 44.2 Å². The van der Waals surface area contributed by atoms with Gasteiger partial charge in [0.05, 0.1) is 0 Å². The van der Waals surface area contributed by atoms with Crippen LogP contribution in [0.4, 0.5) is 0 Å². The molecule has 1 aliphatic carbocycles. The topological polar surface area (TPSA) is 55.1 Å². The lowest BCUT2D eigenvalue weighted by molar-refractivity contribution is -0.120. The predicted molar refractivity (Wildman–Crippen MR) is 76.1 cm³/mol. The fraction of sp³-hybridized carbons (Fsp3) is 0.500. The molecule has 1 saturated carbocycles. The molecule has 1 fully saturated rings. The number of benzene rings is 1. The summed E-state index contributed by atoms with van der Waals surface area (Å²) >= 11 is 3.39. The van der Waals surface area contributed by atoms with Gasteiger partial charge < -0.3 is 5.73 Å². The molecule has 1 atom stereocenters. The number of halogens is 1. The van der Waals surface area contributed by atoms with E-state index in [2.05, 4.69) is 21.2 Å². The van der Waals surface area contributed by atoms with Gasteiger partial charge in [-0.3, -0.25) is 10.1 Å². The van der Waals surface area contributed by atoms with Gasteiger partial charge in [-0.25, -0.2) is 0 Å². The molecule has 98 valence electrons. The summed E-state index contributed by atoms with van der Waals surface area (Å²) in [5.41, 5.74) is 6.45. The molecule has 1 unspecified atom stereocenters. The highest BCUT2D eigenvalue weighted by Crippen LogP contribution is 2.22. The number of nitrogens with one attached hydrogen (secondary N) is 1. The van der Waals surface area contributed by atoms with Crippen LogP contribution in [0.15, 0.2) is 28.7 Å². The van der Waals surface area contributed by atoms with Crippen LogP contribution in [0.25, 0.3) is 0 Å². The van der Waals surface area contributed by atoms with Crippen molar-refractivity contribution in [3.05, 3.63) is 34.3 Å². The van der Waals surface area contributed by atoms with Crippen molar-refractivity contribution in [2.75, 3.05) is 0 Å². The van der Waals surface area contributed by atoms with E-state index in [4.69, 9.17) is 5.73 Å². The van der Waals surface area contributed by atoms with Crippen molar-refractivity contribution < 1.29 is 4.79 Å². The third kappa shape index (κ3) is 3.56. The first-order valence-corrected chi connectivity index (χ1v) is 7.27. The number of nitrogens with two attached hydrogens (primary N) is 1. The van der Waals surface area contributed by atoms with Gasteiger partial charge in [0.2, 0.25) is 5.91 Å². The molecule has 0 aromatic heterocycles. The Hall–Kier alpha value is -0.870. The van der Waals surface area contributed by atoms with Gasteiger partial charge in [-0.05, 0) is 30.5 Å². The Kier molecular flexibility index (Phi) is 4.78. The molecule has 2 rings (SSSR count). The van der Waals surface area contributed by atoms with Crippen molar-refractivity contribution in [2.24, 2.45) is 5.73 Å². The zero-order valence-corrected chi connectivity index (χ0v) is 11.9. The summed E-state index contributed by atoms with van der Waals surface area (Å²) in [6, 6.07) is 7.80. The number of hydrogen-bond acceptors (Lipinski definition) is 2. The van der Waals surface area contributed by atoms with E-state index in [9.17, 15) is 4.79 Å². The second kappa shape index (κ2) is 6.34. The van der Waals surface area contributed by atoms with E-state index >= 15 is 0 Å². The van der Waals surface area contributed by atoms with Crippen molar-refractivity contribution in [1.29, 1.82) is 0 Å². The van der Waals surface area contributed by atoms with Crippen molar-refractivity contribution in [3.63, 3.8) is 0 Å². The maximum atomic E-state index is 11.6. The van der Waals surface area contributed by atoms with Gasteiger partial charge in [-0.1, -0.05) is 47.3 Å². The van der Waals surface area contributed by atoms with E-state index < -0.39 is 0 Å². The molecule has 0 saturated heterocycles. The van der Waals surface area contributed by atoms with E-state index in [0.29, 0.717) is 6.04 Å². The lowest BCUT2D eigenvalue weighted by Gasteiger charge is -2.27. The van der Waals surface area contributed by atoms with Crippen molar-refractivity contribution in [1.82, 2.24) is 5.32 Å². The molecule has 1 aromatic rings. The fourth-order valence-electron chi connectivity index (χ4n) is 2.50. The highest BCUT2D eigenvalue weighted by atomic mass is 79.9. The second-order valence-electron chi connectivity index (χ2n) is 4.89. The summed E-state index contributed by atoms with van der Waals surface area (Å²) in [6.45, 7) is 0. The zero-order valence-electron chi connectivity index (χ0n) is 10.4. The minimum absolute atomic E-state index is 0.303. The molecule has 1 amide bonds. The molecule has 18 heavy (non-hydrogen) atoms. The van der Waals surface area contributed by atoms with Gasteiger partial charge in [-0.15, -0.1) is 0 Å². The highest BCUT2D eigenvalue weighted by Gasteiger charge is 2.22. The number of amides is 1. The quantitative estimate of drug-likeness (QED) is 0.898. The first kappa shape index (κ1) is 13.6. The molecule has 4 heteroatoms. The second-order valence-corrected chi connectivity index (χ2v) is 5.80. The third-order valence-corrected chi connectivity index (χ3v) is 4.02. The standard InChI is InChI=1S/C14H19BrN2O/c15-11-8-6-10(7-9-11)13(14(16)18)17-12-4-2-1-3-5-12/h6-9,12-13,17H,1-5H2,(H2,16,18). The zero-order chi connectivity index (χ0) is 13.0. The van der Waals surface area contributed by atoms with Gasteiger partial charge in [0.15, 0.2) is 0 Å². The average Bonchev–Trinajstić information content (AvgIpc) is 2.38. The van der Waals surface area contributed by atoms with Gasteiger partial charge in [0.25, 0.3) is 0 Å². The molecular formula is C14H19BrN2O. The Labute approximate surface area is 116 Å². The van der Waals surface area contributed by atoms with Crippen LogP contribution in [0.2, 0.25) is 0 Å². The molecule has 1 aliphatic rings. The average molecular weight is 311 g/mol. The Morgan fingerprint density at radius 3 is 2.39 bits per heavy atom. The fourth-order valence-corrected chi connectivity index (χ4v) is 2.77. The molecule has 0 radical (unpaired) electrons. The maximum absolute atomic E-state index is 11.6. The van der Waals surface area contributed by atoms with Crippen LogP contribution in [0.5, 0.6) is 0 Å². The van der Waals surface area contributed by atoms with E-state index in [1.165, 1.54) is 19.3 Å². The number of hydrogen-bond donors (Lipinski definition) is 2. The molecule has 0 aliphatic heterocycles. The van der Waals surface area contributed by atoms with Gasteiger partial charge >= 0.3 is 0 Å². The van der Waals surface area contributed by atoms with Crippen molar-refractivity contribution in [3.8, 4) is 0 Å². The van der Waals surface area contributed by atoms with E-state index in [1.807, 2.05) is 24.3 Å².